The van der Waals surface area contributed by atoms with Crippen LogP contribution in [0.5, 0.6) is 0 Å². The maximum Gasteiger partial charge on any atom is 0.252 e. The molecule has 1 atom stereocenters. The summed E-state index contributed by atoms with van der Waals surface area (Å²) < 4.78 is 6.27. The van der Waals surface area contributed by atoms with Crippen LogP contribution in [0.15, 0.2) is 22.7 Å². The molecule has 1 heterocycles. The van der Waals surface area contributed by atoms with E-state index in [1.165, 1.54) is 0 Å². The fraction of sp³-hybridized carbons (Fsp3) is 0.588. The molecule has 1 fully saturated rings. The van der Waals surface area contributed by atoms with E-state index in [1.807, 2.05) is 6.07 Å². The van der Waals surface area contributed by atoms with Crippen molar-refractivity contribution in [2.75, 3.05) is 32.8 Å². The van der Waals surface area contributed by atoms with E-state index in [-0.39, 0.29) is 5.91 Å². The molecule has 1 aliphatic rings. The molecule has 0 aliphatic carbocycles. The number of halogens is 2. The zero-order valence-corrected chi connectivity index (χ0v) is 16.0. The Morgan fingerprint density at radius 1 is 1.39 bits per heavy atom. The summed E-state index contributed by atoms with van der Waals surface area (Å²) in [7, 11) is 0. The molecule has 1 aromatic rings. The lowest BCUT2D eigenvalue weighted by Crippen LogP contribution is -2.49. The minimum atomic E-state index is -0.127. The van der Waals surface area contributed by atoms with Crippen LogP contribution in [0.2, 0.25) is 5.02 Å². The molecule has 1 aliphatic heterocycles. The second kappa shape index (κ2) is 9.02. The summed E-state index contributed by atoms with van der Waals surface area (Å²) in [6.07, 6.45) is 1.05. The van der Waals surface area contributed by atoms with Crippen molar-refractivity contribution in [1.82, 2.24) is 10.2 Å². The molecule has 6 heteroatoms. The summed E-state index contributed by atoms with van der Waals surface area (Å²) >= 11 is 9.51. The van der Waals surface area contributed by atoms with Crippen LogP contribution in [0.4, 0.5) is 0 Å². The van der Waals surface area contributed by atoms with Crippen molar-refractivity contribution < 1.29 is 9.53 Å². The van der Waals surface area contributed by atoms with Gasteiger partial charge >= 0.3 is 0 Å². The van der Waals surface area contributed by atoms with Crippen molar-refractivity contribution >= 4 is 33.4 Å². The van der Waals surface area contributed by atoms with Gasteiger partial charge in [0.05, 0.1) is 23.8 Å². The molecule has 4 nitrogen and oxygen atoms in total. The molecule has 1 saturated heterocycles. The van der Waals surface area contributed by atoms with Crippen LogP contribution in [-0.4, -0.2) is 49.7 Å². The average molecular weight is 404 g/mol. The predicted molar refractivity (Wildman–Crippen MR) is 97.1 cm³/mol. The SMILES string of the molecule is CC(C)CC(CNC(=O)c1cc(Br)ccc1Cl)N1CCOCC1. The van der Waals surface area contributed by atoms with E-state index in [0.717, 1.165) is 37.2 Å². The van der Waals surface area contributed by atoms with E-state index in [4.69, 9.17) is 16.3 Å². The van der Waals surface area contributed by atoms with Gasteiger partial charge in [-0.2, -0.15) is 0 Å². The van der Waals surface area contributed by atoms with E-state index in [9.17, 15) is 4.79 Å². The van der Waals surface area contributed by atoms with E-state index in [2.05, 4.69) is 40.0 Å². The van der Waals surface area contributed by atoms with Gasteiger partial charge in [-0.1, -0.05) is 41.4 Å². The van der Waals surface area contributed by atoms with Crippen molar-refractivity contribution in [3.8, 4) is 0 Å². The number of ether oxygens (including phenoxy) is 1. The van der Waals surface area contributed by atoms with Crippen LogP contribution < -0.4 is 5.32 Å². The molecule has 2 rings (SSSR count). The molecule has 0 aromatic heterocycles. The summed E-state index contributed by atoms with van der Waals surface area (Å²) in [5, 5.41) is 3.51. The summed E-state index contributed by atoms with van der Waals surface area (Å²) in [6.45, 7) is 8.41. The van der Waals surface area contributed by atoms with Crippen molar-refractivity contribution in [2.24, 2.45) is 5.92 Å². The largest absolute Gasteiger partial charge is 0.379 e. The Balaban J connectivity index is 1.99. The Morgan fingerprint density at radius 2 is 2.09 bits per heavy atom. The van der Waals surface area contributed by atoms with Gasteiger partial charge in [-0.3, -0.25) is 9.69 Å². The van der Waals surface area contributed by atoms with Crippen molar-refractivity contribution in [2.45, 2.75) is 26.3 Å². The topological polar surface area (TPSA) is 41.6 Å². The van der Waals surface area contributed by atoms with Gasteiger partial charge < -0.3 is 10.1 Å². The molecule has 23 heavy (non-hydrogen) atoms. The number of nitrogens with one attached hydrogen (secondary N) is 1. The number of hydrogen-bond acceptors (Lipinski definition) is 3. The van der Waals surface area contributed by atoms with E-state index >= 15 is 0 Å². The fourth-order valence-corrected chi connectivity index (χ4v) is 3.39. The van der Waals surface area contributed by atoms with Crippen LogP contribution in [0.1, 0.15) is 30.6 Å². The Labute approximate surface area is 151 Å². The molecule has 1 N–H and O–H groups in total. The number of morpholine rings is 1. The standard InChI is InChI=1S/C17H24BrClN2O2/c1-12(2)9-14(21-5-7-23-8-6-21)11-20-17(22)15-10-13(18)3-4-16(15)19/h3-4,10,12,14H,5-9,11H2,1-2H3,(H,20,22). The van der Waals surface area contributed by atoms with Gasteiger partial charge in [0.2, 0.25) is 0 Å². The smallest absolute Gasteiger partial charge is 0.252 e. The van der Waals surface area contributed by atoms with Gasteiger partial charge in [-0.15, -0.1) is 0 Å². The maximum atomic E-state index is 12.4. The molecule has 1 unspecified atom stereocenters. The van der Waals surface area contributed by atoms with Gasteiger partial charge in [0.1, 0.15) is 0 Å². The maximum absolute atomic E-state index is 12.4. The van der Waals surface area contributed by atoms with Crippen LogP contribution in [0.3, 0.4) is 0 Å². The first-order valence-corrected chi connectivity index (χ1v) is 9.19. The van der Waals surface area contributed by atoms with Crippen molar-refractivity contribution in [3.63, 3.8) is 0 Å². The molecule has 0 bridgehead atoms. The first kappa shape index (κ1) is 18.7. The average Bonchev–Trinajstić information content (AvgIpc) is 2.54. The van der Waals surface area contributed by atoms with Crippen LogP contribution >= 0.6 is 27.5 Å². The monoisotopic (exact) mass is 402 g/mol. The molecule has 128 valence electrons. The highest BCUT2D eigenvalue weighted by molar-refractivity contribution is 9.10. The Bertz CT molecular complexity index is 533. The van der Waals surface area contributed by atoms with Gasteiger partial charge in [0.15, 0.2) is 0 Å². The van der Waals surface area contributed by atoms with E-state index in [0.29, 0.717) is 29.1 Å². The van der Waals surface area contributed by atoms with Crippen molar-refractivity contribution in [3.05, 3.63) is 33.3 Å². The highest BCUT2D eigenvalue weighted by Gasteiger charge is 2.23. The molecule has 0 saturated carbocycles. The van der Waals surface area contributed by atoms with Crippen LogP contribution in [-0.2, 0) is 4.74 Å². The third-order valence-electron chi connectivity index (χ3n) is 3.98. The zero-order chi connectivity index (χ0) is 16.8. The van der Waals surface area contributed by atoms with E-state index < -0.39 is 0 Å². The number of nitrogens with zero attached hydrogens (tertiary/aromatic N) is 1. The third-order valence-corrected chi connectivity index (χ3v) is 4.80. The first-order valence-electron chi connectivity index (χ1n) is 8.02. The number of hydrogen-bond donors (Lipinski definition) is 1. The van der Waals surface area contributed by atoms with Gasteiger partial charge in [-0.05, 0) is 30.5 Å². The van der Waals surface area contributed by atoms with E-state index in [1.54, 1.807) is 12.1 Å². The second-order valence-electron chi connectivity index (χ2n) is 6.27. The minimum Gasteiger partial charge on any atom is -0.379 e. The zero-order valence-electron chi connectivity index (χ0n) is 13.6. The van der Waals surface area contributed by atoms with Gasteiger partial charge in [0.25, 0.3) is 5.91 Å². The molecule has 0 radical (unpaired) electrons. The Kier molecular flexibility index (Phi) is 7.34. The second-order valence-corrected chi connectivity index (χ2v) is 7.59. The number of carbonyl (C=O) groups is 1. The van der Waals surface area contributed by atoms with Crippen LogP contribution in [0, 0.1) is 5.92 Å². The molecule has 0 spiro atoms. The summed E-state index contributed by atoms with van der Waals surface area (Å²) in [6, 6.07) is 5.64. The number of rotatable bonds is 6. The molecular formula is C17H24BrClN2O2. The fourth-order valence-electron chi connectivity index (χ4n) is 2.83. The number of amides is 1. The van der Waals surface area contributed by atoms with Gasteiger partial charge in [-0.25, -0.2) is 0 Å². The lowest BCUT2D eigenvalue weighted by atomic mass is 10.0. The van der Waals surface area contributed by atoms with Crippen molar-refractivity contribution in [1.29, 1.82) is 0 Å². The summed E-state index contributed by atoms with van der Waals surface area (Å²) in [5.74, 6) is 0.451. The molecular weight excluding hydrogens is 380 g/mol. The minimum absolute atomic E-state index is 0.127. The Hall–Kier alpha value is -0.620. The quantitative estimate of drug-likeness (QED) is 0.789. The highest BCUT2D eigenvalue weighted by Crippen LogP contribution is 2.21. The lowest BCUT2D eigenvalue weighted by molar-refractivity contribution is 0.0124. The highest BCUT2D eigenvalue weighted by atomic mass is 79.9. The lowest BCUT2D eigenvalue weighted by Gasteiger charge is -2.35. The normalized spacial score (nSPS) is 17.3. The Morgan fingerprint density at radius 3 is 2.74 bits per heavy atom. The predicted octanol–water partition coefficient (Wildman–Crippen LogP) is 3.58. The van der Waals surface area contributed by atoms with Gasteiger partial charge in [0, 0.05) is 30.1 Å². The summed E-state index contributed by atoms with van der Waals surface area (Å²) in [4.78, 5) is 14.8. The van der Waals surface area contributed by atoms with Crippen LogP contribution in [0.25, 0.3) is 0 Å². The molecule has 1 aromatic carbocycles. The molecule has 1 amide bonds. The third kappa shape index (κ3) is 5.75. The summed E-state index contributed by atoms with van der Waals surface area (Å²) in [5.41, 5.74) is 0.506. The first-order chi connectivity index (χ1) is 11.0. The number of benzene rings is 1. The number of carbonyl (C=O) groups excluding carboxylic acids is 1.